The highest BCUT2D eigenvalue weighted by atomic mass is 16.5. The first-order valence-corrected chi connectivity index (χ1v) is 7.90. The van der Waals surface area contributed by atoms with Gasteiger partial charge in [-0.1, -0.05) is 60.7 Å². The molecule has 0 saturated heterocycles. The topological polar surface area (TPSA) is 29.5 Å². The van der Waals surface area contributed by atoms with E-state index in [1.165, 1.54) is 27.8 Å². The Morgan fingerprint density at radius 2 is 1.30 bits per heavy atom. The van der Waals surface area contributed by atoms with Crippen LogP contribution in [0.5, 0.6) is 5.75 Å². The number of benzene rings is 3. The van der Waals surface area contributed by atoms with E-state index < -0.39 is 0 Å². The minimum atomic E-state index is 0.0329. The number of fused-ring (bicyclic) bond motifs is 3. The van der Waals surface area contributed by atoms with Crippen molar-refractivity contribution in [2.24, 2.45) is 0 Å². The Bertz CT molecular complexity index is 776. The van der Waals surface area contributed by atoms with E-state index in [2.05, 4.69) is 60.7 Å². The zero-order valence-electron chi connectivity index (χ0n) is 12.8. The van der Waals surface area contributed by atoms with Crippen LogP contribution in [0.2, 0.25) is 0 Å². The molecule has 0 atom stereocenters. The van der Waals surface area contributed by atoms with E-state index in [0.717, 1.165) is 5.75 Å². The van der Waals surface area contributed by atoms with Gasteiger partial charge in [0.1, 0.15) is 12.4 Å². The molecular formula is C21H18O2. The Kier molecular flexibility index (Phi) is 3.60. The summed E-state index contributed by atoms with van der Waals surface area (Å²) < 4.78 is 5.46. The van der Waals surface area contributed by atoms with Gasteiger partial charge >= 0.3 is 0 Å². The van der Waals surface area contributed by atoms with Gasteiger partial charge in [-0.05, 0) is 39.9 Å². The molecule has 0 radical (unpaired) electrons. The molecule has 0 unspecified atom stereocenters. The van der Waals surface area contributed by atoms with Crippen molar-refractivity contribution in [3.63, 3.8) is 0 Å². The molecule has 0 saturated carbocycles. The van der Waals surface area contributed by atoms with Crippen molar-refractivity contribution in [3.8, 4) is 16.9 Å². The highest BCUT2D eigenvalue weighted by molar-refractivity contribution is 5.80. The van der Waals surface area contributed by atoms with Gasteiger partial charge in [-0.25, -0.2) is 0 Å². The van der Waals surface area contributed by atoms with Crippen LogP contribution in [0, 0.1) is 0 Å². The van der Waals surface area contributed by atoms with E-state index in [1.54, 1.807) is 0 Å². The number of rotatable bonds is 4. The van der Waals surface area contributed by atoms with Gasteiger partial charge in [0.2, 0.25) is 0 Å². The standard InChI is InChI=1S/C21H18O2/c22-13-14-23-16-11-9-15(10-12-16)21-19-7-3-1-5-17(19)18-6-2-4-8-20(18)21/h1-12,21-22H,13-14H2. The van der Waals surface area contributed by atoms with Crippen LogP contribution in [0.25, 0.3) is 11.1 Å². The molecule has 1 aliphatic carbocycles. The number of ether oxygens (including phenoxy) is 1. The first-order valence-electron chi connectivity index (χ1n) is 7.90. The largest absolute Gasteiger partial charge is 0.491 e. The van der Waals surface area contributed by atoms with Crippen molar-refractivity contribution in [2.45, 2.75) is 5.92 Å². The minimum absolute atomic E-state index is 0.0329. The van der Waals surface area contributed by atoms with E-state index in [-0.39, 0.29) is 12.5 Å². The molecule has 1 N–H and O–H groups in total. The van der Waals surface area contributed by atoms with Crippen LogP contribution < -0.4 is 4.74 Å². The molecule has 0 bridgehead atoms. The van der Waals surface area contributed by atoms with E-state index >= 15 is 0 Å². The second kappa shape index (κ2) is 5.90. The van der Waals surface area contributed by atoms with Crippen LogP contribution in [0.1, 0.15) is 22.6 Å². The van der Waals surface area contributed by atoms with Crippen molar-refractivity contribution in [1.29, 1.82) is 0 Å². The molecule has 4 rings (SSSR count). The number of hydrogen-bond acceptors (Lipinski definition) is 2. The fraction of sp³-hybridized carbons (Fsp3) is 0.143. The molecule has 23 heavy (non-hydrogen) atoms. The van der Waals surface area contributed by atoms with Crippen molar-refractivity contribution in [1.82, 2.24) is 0 Å². The smallest absolute Gasteiger partial charge is 0.119 e. The van der Waals surface area contributed by atoms with Gasteiger partial charge < -0.3 is 9.84 Å². The summed E-state index contributed by atoms with van der Waals surface area (Å²) >= 11 is 0. The van der Waals surface area contributed by atoms with Crippen molar-refractivity contribution >= 4 is 0 Å². The molecular weight excluding hydrogens is 284 g/mol. The molecule has 0 amide bonds. The zero-order valence-corrected chi connectivity index (χ0v) is 12.8. The summed E-state index contributed by atoms with van der Waals surface area (Å²) in [5.41, 5.74) is 6.64. The molecule has 2 heteroatoms. The molecule has 3 aromatic carbocycles. The number of aliphatic hydroxyl groups excluding tert-OH is 1. The molecule has 0 aliphatic heterocycles. The van der Waals surface area contributed by atoms with Gasteiger partial charge in [-0.3, -0.25) is 0 Å². The van der Waals surface area contributed by atoms with Crippen molar-refractivity contribution in [3.05, 3.63) is 89.5 Å². The predicted molar refractivity (Wildman–Crippen MR) is 91.8 cm³/mol. The van der Waals surface area contributed by atoms with Gasteiger partial charge in [0, 0.05) is 5.92 Å². The summed E-state index contributed by atoms with van der Waals surface area (Å²) in [6.07, 6.45) is 0. The average Bonchev–Trinajstić information content (AvgIpc) is 2.95. The SMILES string of the molecule is OCCOc1ccc(C2c3ccccc3-c3ccccc32)cc1. The molecule has 0 fully saturated rings. The van der Waals surface area contributed by atoms with Gasteiger partial charge in [-0.2, -0.15) is 0 Å². The van der Waals surface area contributed by atoms with Gasteiger partial charge in [-0.15, -0.1) is 0 Å². The lowest BCUT2D eigenvalue weighted by Crippen LogP contribution is -2.02. The van der Waals surface area contributed by atoms with E-state index in [4.69, 9.17) is 9.84 Å². The lowest BCUT2D eigenvalue weighted by atomic mass is 9.89. The Hall–Kier alpha value is -2.58. The Morgan fingerprint density at radius 1 is 0.739 bits per heavy atom. The zero-order chi connectivity index (χ0) is 15.6. The quantitative estimate of drug-likeness (QED) is 0.611. The molecule has 0 spiro atoms. The van der Waals surface area contributed by atoms with Crippen molar-refractivity contribution < 1.29 is 9.84 Å². The third-order valence-corrected chi connectivity index (χ3v) is 4.41. The summed E-state index contributed by atoms with van der Waals surface area (Å²) in [7, 11) is 0. The fourth-order valence-electron chi connectivity index (χ4n) is 3.43. The maximum Gasteiger partial charge on any atom is 0.119 e. The van der Waals surface area contributed by atoms with E-state index in [0.29, 0.717) is 6.61 Å². The highest BCUT2D eigenvalue weighted by Gasteiger charge is 2.28. The number of hydrogen-bond donors (Lipinski definition) is 1. The average molecular weight is 302 g/mol. The van der Waals surface area contributed by atoms with Crippen molar-refractivity contribution in [2.75, 3.05) is 13.2 Å². The van der Waals surface area contributed by atoms with Crippen LogP contribution in [-0.2, 0) is 0 Å². The second-order valence-corrected chi connectivity index (χ2v) is 5.75. The van der Waals surface area contributed by atoms with E-state index in [9.17, 15) is 0 Å². The summed E-state index contributed by atoms with van der Waals surface area (Å²) in [6.45, 7) is 0.361. The van der Waals surface area contributed by atoms with Gasteiger partial charge in [0.15, 0.2) is 0 Å². The molecule has 114 valence electrons. The van der Waals surface area contributed by atoms with Crippen LogP contribution in [0.15, 0.2) is 72.8 Å². The first-order chi connectivity index (χ1) is 11.4. The molecule has 1 aliphatic rings. The van der Waals surface area contributed by atoms with Crippen LogP contribution >= 0.6 is 0 Å². The minimum Gasteiger partial charge on any atom is -0.491 e. The summed E-state index contributed by atoms with van der Waals surface area (Å²) in [5.74, 6) is 1.07. The van der Waals surface area contributed by atoms with Crippen LogP contribution in [0.3, 0.4) is 0 Å². The maximum atomic E-state index is 8.85. The highest BCUT2D eigenvalue weighted by Crippen LogP contribution is 2.47. The summed E-state index contributed by atoms with van der Waals surface area (Å²) in [4.78, 5) is 0. The molecule has 0 aromatic heterocycles. The third-order valence-electron chi connectivity index (χ3n) is 4.41. The first kappa shape index (κ1) is 14.0. The Morgan fingerprint density at radius 3 is 1.87 bits per heavy atom. The maximum absolute atomic E-state index is 8.85. The lowest BCUT2D eigenvalue weighted by molar-refractivity contribution is 0.201. The Labute approximate surface area is 136 Å². The second-order valence-electron chi connectivity index (χ2n) is 5.75. The third kappa shape index (κ3) is 2.41. The van der Waals surface area contributed by atoms with Gasteiger partial charge in [0.25, 0.3) is 0 Å². The molecule has 0 heterocycles. The monoisotopic (exact) mass is 302 g/mol. The normalized spacial score (nSPS) is 12.7. The summed E-state index contributed by atoms with van der Waals surface area (Å²) in [5, 5.41) is 8.85. The Balaban J connectivity index is 1.76. The summed E-state index contributed by atoms with van der Waals surface area (Å²) in [6, 6.07) is 25.5. The predicted octanol–water partition coefficient (Wildman–Crippen LogP) is 4.22. The van der Waals surface area contributed by atoms with E-state index in [1.807, 2.05) is 12.1 Å². The van der Waals surface area contributed by atoms with Crippen LogP contribution in [0.4, 0.5) is 0 Å². The lowest BCUT2D eigenvalue weighted by Gasteiger charge is -2.15. The number of aliphatic hydroxyl groups is 1. The van der Waals surface area contributed by atoms with Crippen LogP contribution in [-0.4, -0.2) is 18.3 Å². The van der Waals surface area contributed by atoms with Gasteiger partial charge in [0.05, 0.1) is 6.61 Å². The fourth-order valence-corrected chi connectivity index (χ4v) is 3.43. The molecule has 3 aromatic rings. The molecule has 2 nitrogen and oxygen atoms in total.